The van der Waals surface area contributed by atoms with E-state index in [0.717, 1.165) is 44.9 Å². The molecule has 3 aliphatic rings. The van der Waals surface area contributed by atoms with Gasteiger partial charge in [-0.15, -0.1) is 0 Å². The highest BCUT2D eigenvalue weighted by Gasteiger charge is 2.51. The molecule has 2 aliphatic heterocycles. The summed E-state index contributed by atoms with van der Waals surface area (Å²) < 4.78 is 14.0. The highest BCUT2D eigenvalue weighted by Crippen LogP contribution is 2.63. The molecule has 0 saturated carbocycles. The Hall–Kier alpha value is -7.34. The van der Waals surface area contributed by atoms with Gasteiger partial charge < -0.3 is 10.2 Å². The number of aliphatic imine (C=N–C) groups is 1. The Kier molecular flexibility index (Phi) is 8.24. The number of hydrogen-bond acceptors (Lipinski definition) is 4. The first-order valence-corrected chi connectivity index (χ1v) is 20.1. The van der Waals surface area contributed by atoms with Crippen LogP contribution in [0.2, 0.25) is 0 Å². The molecule has 0 radical (unpaired) electrons. The zero-order valence-corrected chi connectivity index (χ0v) is 32.2. The van der Waals surface area contributed by atoms with Crippen LogP contribution in [-0.4, -0.2) is 5.84 Å². The van der Waals surface area contributed by atoms with E-state index < -0.39 is 5.41 Å². The lowest BCUT2D eigenvalue weighted by atomic mass is 9.64. The van der Waals surface area contributed by atoms with E-state index in [1.54, 1.807) is 0 Å². The Labute approximate surface area is 343 Å². The minimum Gasteiger partial charge on any atom is -0.350 e. The molecule has 11 rings (SSSR count). The van der Waals surface area contributed by atoms with Gasteiger partial charge in [-0.3, -0.25) is 5.32 Å². The van der Waals surface area contributed by atoms with Crippen LogP contribution in [0.3, 0.4) is 0 Å². The van der Waals surface area contributed by atoms with Crippen molar-refractivity contribution in [1.82, 2.24) is 10.6 Å². The maximum atomic E-state index is 14.0. The van der Waals surface area contributed by atoms with Crippen LogP contribution in [0.1, 0.15) is 56.8 Å². The number of benzene rings is 8. The third-order valence-electron chi connectivity index (χ3n) is 12.2. The molecule has 1 aliphatic carbocycles. The van der Waals surface area contributed by atoms with Crippen LogP contribution in [0, 0.1) is 5.82 Å². The third kappa shape index (κ3) is 5.58. The predicted molar refractivity (Wildman–Crippen MR) is 239 cm³/mol. The molecule has 282 valence electrons. The van der Waals surface area contributed by atoms with E-state index in [1.807, 2.05) is 30.3 Å². The molecule has 0 fully saturated rings. The quantitative estimate of drug-likeness (QED) is 0.177. The number of anilines is 3. The highest BCUT2D eigenvalue weighted by molar-refractivity contribution is 6.00. The van der Waals surface area contributed by atoms with Crippen LogP contribution in [0.25, 0.3) is 28.3 Å². The van der Waals surface area contributed by atoms with Gasteiger partial charge in [0.05, 0.1) is 16.8 Å². The van der Waals surface area contributed by atoms with Crippen molar-refractivity contribution in [2.75, 3.05) is 4.90 Å². The molecule has 0 amide bonds. The number of nitrogens with zero attached hydrogens (tertiary/aromatic N) is 2. The van der Waals surface area contributed by atoms with E-state index in [0.29, 0.717) is 0 Å². The van der Waals surface area contributed by atoms with E-state index in [4.69, 9.17) is 4.99 Å². The maximum absolute atomic E-state index is 14.0. The van der Waals surface area contributed by atoms with Crippen LogP contribution in [-0.2, 0) is 5.41 Å². The Morgan fingerprint density at radius 3 is 1.81 bits per heavy atom. The van der Waals surface area contributed by atoms with Gasteiger partial charge in [-0.25, -0.2) is 9.38 Å². The van der Waals surface area contributed by atoms with Crippen LogP contribution in [0.5, 0.6) is 0 Å². The van der Waals surface area contributed by atoms with Gasteiger partial charge in [0.15, 0.2) is 0 Å². The predicted octanol–water partition coefficient (Wildman–Crippen LogP) is 12.6. The summed E-state index contributed by atoms with van der Waals surface area (Å²) in [5.41, 5.74) is 16.8. The van der Waals surface area contributed by atoms with E-state index in [1.165, 1.54) is 56.9 Å². The fourth-order valence-electron chi connectivity index (χ4n) is 9.48. The fraction of sp³-hybridized carbons (Fsp3) is 0.0556. The largest absolute Gasteiger partial charge is 0.350 e. The van der Waals surface area contributed by atoms with Gasteiger partial charge in [0.1, 0.15) is 24.0 Å². The zero-order chi connectivity index (χ0) is 39.5. The molecular weight excluding hydrogens is 724 g/mol. The van der Waals surface area contributed by atoms with Crippen LogP contribution in [0.4, 0.5) is 21.5 Å². The van der Waals surface area contributed by atoms with Crippen molar-refractivity contribution in [3.63, 3.8) is 0 Å². The Morgan fingerprint density at radius 2 is 1.12 bits per heavy atom. The lowest BCUT2D eigenvalue weighted by molar-refractivity contribution is 0.408. The first-order chi connectivity index (χ1) is 29.1. The third-order valence-corrected chi connectivity index (χ3v) is 12.2. The lowest BCUT2D eigenvalue weighted by Gasteiger charge is -2.45. The number of nitrogens with one attached hydrogen (secondary N) is 2. The second-order valence-corrected chi connectivity index (χ2v) is 15.4. The van der Waals surface area contributed by atoms with Gasteiger partial charge in [0.25, 0.3) is 0 Å². The Bertz CT molecular complexity index is 2870. The van der Waals surface area contributed by atoms with E-state index >= 15 is 0 Å². The average Bonchev–Trinajstić information content (AvgIpc) is 3.59. The molecule has 2 N–H and O–H groups in total. The first kappa shape index (κ1) is 34.9. The molecule has 8 aromatic carbocycles. The van der Waals surface area contributed by atoms with Crippen molar-refractivity contribution in [3.8, 4) is 22.3 Å². The number of para-hydroxylation sites is 3. The van der Waals surface area contributed by atoms with Crippen LogP contribution >= 0.6 is 0 Å². The molecular formula is C54H39FN4. The minimum atomic E-state index is -0.525. The molecule has 2 atom stereocenters. The van der Waals surface area contributed by atoms with Gasteiger partial charge in [-0.05, 0) is 104 Å². The molecule has 8 aromatic rings. The molecule has 0 bridgehead atoms. The Morgan fingerprint density at radius 1 is 0.542 bits per heavy atom. The van der Waals surface area contributed by atoms with Gasteiger partial charge in [0, 0.05) is 11.3 Å². The summed E-state index contributed by atoms with van der Waals surface area (Å²) >= 11 is 0. The highest BCUT2D eigenvalue weighted by atomic mass is 19.1. The average molecular weight is 763 g/mol. The van der Waals surface area contributed by atoms with Crippen molar-refractivity contribution < 1.29 is 4.39 Å². The zero-order valence-electron chi connectivity index (χ0n) is 32.2. The summed E-state index contributed by atoms with van der Waals surface area (Å²) in [6, 6.07) is 68.0. The van der Waals surface area contributed by atoms with Crippen LogP contribution in [0.15, 0.2) is 206 Å². The standard InChI is InChI=1S/C54H39FN4/c1-2-35-20-22-37(23-21-35)51-56-52(58-53(57-51)39-28-31-41(55)32-29-39)38-26-24-36(25-27-38)40-30-33-44-43-14-6-7-15-45(43)54(48(44)34-40)46-16-8-10-18-49(46)59(42-12-4-3-5-13-42)50-19-11-9-17-47(50)54/h2-34,51,53,57H,1H2,(H,56,58). The normalized spacial score (nSPS) is 16.9. The number of halogens is 1. The Balaban J connectivity index is 1.02. The van der Waals surface area contributed by atoms with E-state index in [2.05, 4.69) is 180 Å². The summed E-state index contributed by atoms with van der Waals surface area (Å²) in [7, 11) is 0. The van der Waals surface area contributed by atoms with Crippen molar-refractivity contribution in [1.29, 1.82) is 0 Å². The molecule has 5 heteroatoms. The van der Waals surface area contributed by atoms with Gasteiger partial charge in [0.2, 0.25) is 0 Å². The molecule has 2 heterocycles. The van der Waals surface area contributed by atoms with Crippen molar-refractivity contribution in [2.45, 2.75) is 17.7 Å². The van der Waals surface area contributed by atoms with Gasteiger partial charge in [-0.2, -0.15) is 0 Å². The summed E-state index contributed by atoms with van der Waals surface area (Å²) in [6.07, 6.45) is 1.25. The second-order valence-electron chi connectivity index (χ2n) is 15.4. The topological polar surface area (TPSA) is 39.7 Å². The molecule has 0 aromatic heterocycles. The number of amidine groups is 1. The minimum absolute atomic E-state index is 0.266. The van der Waals surface area contributed by atoms with Gasteiger partial charge >= 0.3 is 0 Å². The lowest BCUT2D eigenvalue weighted by Crippen LogP contribution is -2.44. The number of rotatable bonds is 6. The summed E-state index contributed by atoms with van der Waals surface area (Å²) in [5, 5.41) is 7.22. The van der Waals surface area contributed by atoms with Gasteiger partial charge in [-0.1, -0.05) is 164 Å². The van der Waals surface area contributed by atoms with Crippen molar-refractivity contribution >= 4 is 29.0 Å². The summed E-state index contributed by atoms with van der Waals surface area (Å²) in [5.74, 6) is 0.502. The SMILES string of the molecule is C=Cc1ccc(C2N=C(c3ccc(-c4ccc5c(c4)C4(c6ccccc6-5)c5ccccc5N(c5ccccc5)c5ccccc54)cc3)NC(c3ccc(F)cc3)N2)cc1. The number of hydrogen-bond donors (Lipinski definition) is 2. The van der Waals surface area contributed by atoms with Crippen molar-refractivity contribution in [3.05, 3.63) is 251 Å². The summed E-state index contributed by atoms with van der Waals surface area (Å²) in [4.78, 5) is 7.58. The molecule has 2 unspecified atom stereocenters. The fourth-order valence-corrected chi connectivity index (χ4v) is 9.48. The van der Waals surface area contributed by atoms with E-state index in [9.17, 15) is 4.39 Å². The van der Waals surface area contributed by atoms with Crippen molar-refractivity contribution in [2.24, 2.45) is 4.99 Å². The molecule has 1 spiro atoms. The first-order valence-electron chi connectivity index (χ1n) is 20.1. The smallest absolute Gasteiger partial charge is 0.131 e. The number of fused-ring (bicyclic) bond motifs is 9. The molecule has 4 nitrogen and oxygen atoms in total. The summed E-state index contributed by atoms with van der Waals surface area (Å²) in [6.45, 7) is 3.91. The maximum Gasteiger partial charge on any atom is 0.131 e. The second kappa shape index (κ2) is 13.9. The van der Waals surface area contributed by atoms with Crippen LogP contribution < -0.4 is 15.5 Å². The molecule has 59 heavy (non-hydrogen) atoms. The molecule has 0 saturated heterocycles. The monoisotopic (exact) mass is 762 g/mol. The van der Waals surface area contributed by atoms with E-state index in [-0.39, 0.29) is 18.1 Å².